The molecule has 0 bridgehead atoms. The molecule has 0 saturated carbocycles. The number of aromatic nitrogens is 1. The Morgan fingerprint density at radius 2 is 1.86 bits per heavy atom. The van der Waals surface area contributed by atoms with Gasteiger partial charge in [0, 0.05) is 29.0 Å². The van der Waals surface area contributed by atoms with Gasteiger partial charge in [-0.15, -0.1) is 0 Å². The van der Waals surface area contributed by atoms with E-state index in [0.29, 0.717) is 51.8 Å². The molecular weight excluding hydrogens is 368 g/mol. The van der Waals surface area contributed by atoms with Crippen molar-refractivity contribution in [3.63, 3.8) is 0 Å². The van der Waals surface area contributed by atoms with Crippen molar-refractivity contribution in [1.82, 2.24) is 4.98 Å². The maximum atomic E-state index is 13.2. The molecule has 1 aromatic heterocycles. The van der Waals surface area contributed by atoms with Crippen molar-refractivity contribution in [2.24, 2.45) is 0 Å². The molecule has 2 aromatic carbocycles. The summed E-state index contributed by atoms with van der Waals surface area (Å²) in [7, 11) is 1.52. The lowest BCUT2D eigenvalue weighted by molar-refractivity contribution is 0.104. The molecule has 0 radical (unpaired) electrons. The van der Waals surface area contributed by atoms with E-state index in [1.807, 2.05) is 38.1 Å². The standard InChI is InChI=1S/C23H22N2O4/c1-4-28-17-12-18(27-3)22(24)21-20(17)19-14(23(21)26)8-7-10-16(19)29-13(2)15-9-5-6-11-25-15/h5-13H,4,24H2,1-3H3. The number of methoxy groups -OCH3 is 1. The zero-order valence-corrected chi connectivity index (χ0v) is 16.6. The van der Waals surface area contributed by atoms with E-state index in [4.69, 9.17) is 19.9 Å². The monoisotopic (exact) mass is 390 g/mol. The minimum atomic E-state index is -0.298. The number of carbonyl (C=O) groups is 1. The summed E-state index contributed by atoms with van der Waals surface area (Å²) in [5.74, 6) is 1.38. The first-order valence-corrected chi connectivity index (χ1v) is 9.45. The van der Waals surface area contributed by atoms with Crippen LogP contribution in [0.4, 0.5) is 5.69 Å². The second-order valence-electron chi connectivity index (χ2n) is 6.70. The Balaban J connectivity index is 1.88. The summed E-state index contributed by atoms with van der Waals surface area (Å²) in [5, 5.41) is 0. The summed E-state index contributed by atoms with van der Waals surface area (Å²) in [4.78, 5) is 17.5. The van der Waals surface area contributed by atoms with Crippen LogP contribution < -0.4 is 19.9 Å². The molecule has 6 heteroatoms. The quantitative estimate of drug-likeness (QED) is 0.491. The highest BCUT2D eigenvalue weighted by molar-refractivity contribution is 6.26. The van der Waals surface area contributed by atoms with Gasteiger partial charge >= 0.3 is 0 Å². The van der Waals surface area contributed by atoms with Gasteiger partial charge in [-0.25, -0.2) is 0 Å². The normalized spacial score (nSPS) is 12.9. The van der Waals surface area contributed by atoms with Gasteiger partial charge in [-0.3, -0.25) is 9.78 Å². The molecule has 0 amide bonds. The number of carbonyl (C=O) groups excluding carboxylic acids is 1. The Bertz CT molecular complexity index is 1080. The highest BCUT2D eigenvalue weighted by atomic mass is 16.5. The second-order valence-corrected chi connectivity index (χ2v) is 6.70. The Morgan fingerprint density at radius 3 is 2.55 bits per heavy atom. The number of hydrogen-bond donors (Lipinski definition) is 1. The van der Waals surface area contributed by atoms with Crippen LogP contribution >= 0.6 is 0 Å². The molecular formula is C23H22N2O4. The third-order valence-electron chi connectivity index (χ3n) is 4.97. The van der Waals surface area contributed by atoms with Crippen LogP contribution in [0.2, 0.25) is 0 Å². The number of benzene rings is 2. The van der Waals surface area contributed by atoms with Gasteiger partial charge in [-0.05, 0) is 32.0 Å². The highest BCUT2D eigenvalue weighted by Crippen LogP contribution is 2.52. The van der Waals surface area contributed by atoms with Crippen LogP contribution in [0.5, 0.6) is 17.2 Å². The van der Waals surface area contributed by atoms with Gasteiger partial charge in [0.15, 0.2) is 5.78 Å². The molecule has 2 N–H and O–H groups in total. The highest BCUT2D eigenvalue weighted by Gasteiger charge is 2.36. The van der Waals surface area contributed by atoms with E-state index in [9.17, 15) is 4.79 Å². The molecule has 0 spiro atoms. The molecule has 0 saturated heterocycles. The molecule has 3 aromatic rings. The topological polar surface area (TPSA) is 83.7 Å². The lowest BCUT2D eigenvalue weighted by atomic mass is 10.0. The summed E-state index contributed by atoms with van der Waals surface area (Å²) in [6.07, 6.45) is 1.43. The molecule has 0 fully saturated rings. The molecule has 4 rings (SSSR count). The molecule has 29 heavy (non-hydrogen) atoms. The fourth-order valence-corrected chi connectivity index (χ4v) is 3.65. The van der Waals surface area contributed by atoms with Crippen molar-refractivity contribution in [3.05, 3.63) is 65.5 Å². The van der Waals surface area contributed by atoms with Crippen LogP contribution in [0.1, 0.15) is 41.6 Å². The fraction of sp³-hybridized carbons (Fsp3) is 0.217. The number of ether oxygens (including phenoxy) is 3. The minimum Gasteiger partial charge on any atom is -0.494 e. The van der Waals surface area contributed by atoms with Crippen molar-refractivity contribution in [2.45, 2.75) is 20.0 Å². The van der Waals surface area contributed by atoms with E-state index in [1.165, 1.54) is 7.11 Å². The SMILES string of the molecule is CCOc1cc(OC)c(N)c2c1-c1c(OC(C)c3ccccn3)cccc1C2=O. The van der Waals surface area contributed by atoms with Crippen molar-refractivity contribution in [3.8, 4) is 28.4 Å². The maximum absolute atomic E-state index is 13.2. The lowest BCUT2D eigenvalue weighted by Crippen LogP contribution is -2.06. The molecule has 1 atom stereocenters. The van der Waals surface area contributed by atoms with Crippen LogP contribution in [-0.4, -0.2) is 24.5 Å². The maximum Gasteiger partial charge on any atom is 0.196 e. The van der Waals surface area contributed by atoms with Crippen molar-refractivity contribution in [2.75, 3.05) is 19.5 Å². The predicted octanol–water partition coefficient (Wildman–Crippen LogP) is 4.42. The summed E-state index contributed by atoms with van der Waals surface area (Å²) in [6, 6.07) is 12.8. The lowest BCUT2D eigenvalue weighted by Gasteiger charge is -2.19. The number of nitrogens with two attached hydrogens (primary N) is 1. The molecule has 1 unspecified atom stereocenters. The van der Waals surface area contributed by atoms with Crippen LogP contribution in [0.3, 0.4) is 0 Å². The predicted molar refractivity (Wildman–Crippen MR) is 111 cm³/mol. The molecule has 1 aliphatic carbocycles. The first kappa shape index (κ1) is 18.8. The molecule has 6 nitrogen and oxygen atoms in total. The average molecular weight is 390 g/mol. The third kappa shape index (κ3) is 3.06. The number of nitrogen functional groups attached to an aromatic ring is 1. The molecule has 1 aliphatic rings. The van der Waals surface area contributed by atoms with E-state index in [1.54, 1.807) is 24.4 Å². The summed E-state index contributed by atoms with van der Waals surface area (Å²) in [5.41, 5.74) is 9.63. The van der Waals surface area contributed by atoms with Gasteiger partial charge in [0.05, 0.1) is 30.7 Å². The van der Waals surface area contributed by atoms with E-state index in [2.05, 4.69) is 4.98 Å². The summed E-state index contributed by atoms with van der Waals surface area (Å²) < 4.78 is 17.4. The van der Waals surface area contributed by atoms with E-state index >= 15 is 0 Å². The minimum absolute atomic E-state index is 0.164. The zero-order chi connectivity index (χ0) is 20.5. The second kappa shape index (κ2) is 7.47. The van der Waals surface area contributed by atoms with Crippen molar-refractivity contribution in [1.29, 1.82) is 0 Å². The molecule has 0 aliphatic heterocycles. The van der Waals surface area contributed by atoms with E-state index in [0.717, 1.165) is 5.69 Å². The summed E-state index contributed by atoms with van der Waals surface area (Å²) in [6.45, 7) is 4.25. The van der Waals surface area contributed by atoms with Crippen molar-refractivity contribution >= 4 is 11.5 Å². The number of nitrogens with zero attached hydrogens (tertiary/aromatic N) is 1. The zero-order valence-electron chi connectivity index (χ0n) is 16.6. The number of hydrogen-bond acceptors (Lipinski definition) is 6. The first-order chi connectivity index (χ1) is 14.1. The Labute approximate surface area is 169 Å². The van der Waals surface area contributed by atoms with Gasteiger partial charge in [-0.1, -0.05) is 18.2 Å². The largest absolute Gasteiger partial charge is 0.494 e. The third-order valence-corrected chi connectivity index (χ3v) is 4.97. The van der Waals surface area contributed by atoms with Gasteiger partial charge < -0.3 is 19.9 Å². The number of rotatable bonds is 6. The van der Waals surface area contributed by atoms with Gasteiger partial charge in [-0.2, -0.15) is 0 Å². The fourth-order valence-electron chi connectivity index (χ4n) is 3.65. The number of ketones is 1. The Morgan fingerprint density at radius 1 is 1.03 bits per heavy atom. The van der Waals surface area contributed by atoms with Gasteiger partial charge in [0.2, 0.25) is 0 Å². The van der Waals surface area contributed by atoms with Crippen LogP contribution in [0, 0.1) is 0 Å². The first-order valence-electron chi connectivity index (χ1n) is 9.45. The van der Waals surface area contributed by atoms with E-state index in [-0.39, 0.29) is 11.9 Å². The summed E-state index contributed by atoms with van der Waals surface area (Å²) >= 11 is 0. The Hall–Kier alpha value is -3.54. The number of anilines is 1. The number of fused-ring (bicyclic) bond motifs is 3. The van der Waals surface area contributed by atoms with Crippen molar-refractivity contribution < 1.29 is 19.0 Å². The van der Waals surface area contributed by atoms with Crippen LogP contribution in [0.25, 0.3) is 11.1 Å². The van der Waals surface area contributed by atoms with Gasteiger partial charge in [0.25, 0.3) is 0 Å². The molecule has 1 heterocycles. The van der Waals surface area contributed by atoms with E-state index < -0.39 is 0 Å². The number of pyridine rings is 1. The Kier molecular flexibility index (Phi) is 4.84. The average Bonchev–Trinajstić information content (AvgIpc) is 3.05. The van der Waals surface area contributed by atoms with Crippen LogP contribution in [0.15, 0.2) is 48.7 Å². The van der Waals surface area contributed by atoms with Crippen LogP contribution in [-0.2, 0) is 0 Å². The van der Waals surface area contributed by atoms with Gasteiger partial charge in [0.1, 0.15) is 23.4 Å². The molecule has 148 valence electrons. The smallest absolute Gasteiger partial charge is 0.196 e.